The fraction of sp³-hybridized carbons (Fsp3) is 0.100. The molecule has 0 aromatic carbocycles. The van der Waals surface area contributed by atoms with Gasteiger partial charge in [-0.2, -0.15) is 5.10 Å². The Labute approximate surface area is 133 Å². The monoisotopic (exact) mass is 423 g/mol. The molecule has 0 aliphatic carbocycles. The van der Waals surface area contributed by atoms with Crippen molar-refractivity contribution in [2.45, 2.75) is 0 Å². The lowest BCUT2D eigenvalue weighted by Crippen LogP contribution is -2.14. The number of aromatic amines is 1. The number of carboxylic acids is 1. The zero-order valence-corrected chi connectivity index (χ0v) is 13.6. The summed E-state index contributed by atoms with van der Waals surface area (Å²) in [7, 11) is 0. The lowest BCUT2D eigenvalue weighted by molar-refractivity contribution is -0.139. The molecule has 2 rings (SSSR count). The van der Waals surface area contributed by atoms with Gasteiger partial charge in [0.15, 0.2) is 12.4 Å². The van der Waals surface area contributed by atoms with Crippen molar-refractivity contribution in [1.29, 1.82) is 0 Å². The summed E-state index contributed by atoms with van der Waals surface area (Å²) < 4.78 is 6.27. The molecule has 0 saturated carbocycles. The zero-order valence-electron chi connectivity index (χ0n) is 9.65. The third-order valence-electron chi connectivity index (χ3n) is 2.06. The number of nitrogens with one attached hydrogen (secondary N) is 2. The van der Waals surface area contributed by atoms with E-state index in [4.69, 9.17) is 9.84 Å². The van der Waals surface area contributed by atoms with E-state index in [0.29, 0.717) is 14.1 Å². The quantitative estimate of drug-likeness (QED) is 0.684. The van der Waals surface area contributed by atoms with Crippen molar-refractivity contribution in [2.24, 2.45) is 0 Å². The van der Waals surface area contributed by atoms with Gasteiger partial charge in [0.05, 0.1) is 14.5 Å². The van der Waals surface area contributed by atoms with Gasteiger partial charge in [0.2, 0.25) is 0 Å². The van der Waals surface area contributed by atoms with Crippen LogP contribution >= 0.6 is 43.2 Å². The van der Waals surface area contributed by atoms with Crippen molar-refractivity contribution in [2.75, 3.05) is 11.9 Å². The molecule has 2 heterocycles. The van der Waals surface area contributed by atoms with Crippen LogP contribution in [0.25, 0.3) is 0 Å². The van der Waals surface area contributed by atoms with E-state index in [9.17, 15) is 9.59 Å². The molecular formula is C10H7Br2N3O4S. The number of halogens is 2. The molecule has 7 nitrogen and oxygen atoms in total. The number of hydrogen-bond acceptors (Lipinski definition) is 5. The summed E-state index contributed by atoms with van der Waals surface area (Å²) in [6.07, 6.45) is 1.50. The van der Waals surface area contributed by atoms with Crippen LogP contribution in [0, 0.1) is 0 Å². The van der Waals surface area contributed by atoms with Crippen LogP contribution in [0.4, 0.5) is 5.82 Å². The number of anilines is 1. The Morgan fingerprint density at radius 3 is 2.85 bits per heavy atom. The van der Waals surface area contributed by atoms with E-state index in [-0.39, 0.29) is 10.6 Å². The minimum atomic E-state index is -1.13. The van der Waals surface area contributed by atoms with E-state index in [1.54, 1.807) is 6.07 Å². The van der Waals surface area contributed by atoms with Crippen LogP contribution in [-0.2, 0) is 4.79 Å². The number of H-pyrrole nitrogens is 1. The normalized spacial score (nSPS) is 10.3. The van der Waals surface area contributed by atoms with Gasteiger partial charge >= 0.3 is 5.97 Å². The van der Waals surface area contributed by atoms with Gasteiger partial charge in [-0.3, -0.25) is 9.89 Å². The number of carboxylic acid groups (broad SMARTS) is 1. The van der Waals surface area contributed by atoms with Gasteiger partial charge < -0.3 is 15.2 Å². The first-order valence-corrected chi connectivity index (χ1v) is 7.52. The molecule has 0 bridgehead atoms. The molecule has 3 N–H and O–H groups in total. The predicted molar refractivity (Wildman–Crippen MR) is 79.4 cm³/mol. The molecule has 0 aliphatic heterocycles. The second kappa shape index (κ2) is 6.37. The SMILES string of the molecule is O=C(O)COc1c(C(=O)Nc2ccn[nH]2)sc(Br)c1Br. The third-order valence-corrected chi connectivity index (χ3v) is 5.46. The number of carbonyl (C=O) groups excluding carboxylic acids is 1. The fourth-order valence-corrected chi connectivity index (χ4v) is 3.40. The molecule has 0 spiro atoms. The molecule has 0 unspecified atom stereocenters. The molecule has 1 amide bonds. The van der Waals surface area contributed by atoms with E-state index in [1.165, 1.54) is 6.20 Å². The lowest BCUT2D eigenvalue weighted by Gasteiger charge is -2.05. The first-order chi connectivity index (χ1) is 9.49. The zero-order chi connectivity index (χ0) is 14.7. The van der Waals surface area contributed by atoms with E-state index < -0.39 is 18.5 Å². The summed E-state index contributed by atoms with van der Waals surface area (Å²) >= 11 is 7.64. The van der Waals surface area contributed by atoms with Gasteiger partial charge in [0.25, 0.3) is 5.91 Å². The summed E-state index contributed by atoms with van der Waals surface area (Å²) in [5.74, 6) is -0.939. The summed E-state index contributed by atoms with van der Waals surface area (Å²) in [6, 6.07) is 1.59. The van der Waals surface area contributed by atoms with Crippen molar-refractivity contribution in [1.82, 2.24) is 10.2 Å². The van der Waals surface area contributed by atoms with Crippen molar-refractivity contribution >= 4 is 60.9 Å². The molecule has 106 valence electrons. The van der Waals surface area contributed by atoms with Gasteiger partial charge in [-0.15, -0.1) is 11.3 Å². The smallest absolute Gasteiger partial charge is 0.341 e. The molecule has 0 atom stereocenters. The summed E-state index contributed by atoms with van der Waals surface area (Å²) in [4.78, 5) is 22.9. The largest absolute Gasteiger partial charge is 0.479 e. The second-order valence-corrected chi connectivity index (χ2v) is 6.59. The van der Waals surface area contributed by atoms with Gasteiger partial charge in [-0.25, -0.2) is 4.79 Å². The molecule has 0 aliphatic rings. The number of thiophene rings is 1. The maximum absolute atomic E-state index is 12.1. The Balaban J connectivity index is 2.23. The molecule has 2 aromatic heterocycles. The van der Waals surface area contributed by atoms with Crippen LogP contribution in [0.15, 0.2) is 20.5 Å². The maximum atomic E-state index is 12.1. The minimum absolute atomic E-state index is 0.182. The van der Waals surface area contributed by atoms with Crippen molar-refractivity contribution < 1.29 is 19.4 Å². The first-order valence-electron chi connectivity index (χ1n) is 5.12. The van der Waals surface area contributed by atoms with Crippen LogP contribution in [0.5, 0.6) is 5.75 Å². The number of aliphatic carboxylic acids is 1. The topological polar surface area (TPSA) is 104 Å². The Hall–Kier alpha value is -1.39. The predicted octanol–water partition coefficient (Wildman–Crippen LogP) is 2.71. The highest BCUT2D eigenvalue weighted by Crippen LogP contribution is 2.43. The highest BCUT2D eigenvalue weighted by atomic mass is 79.9. The van der Waals surface area contributed by atoms with E-state index in [0.717, 1.165) is 11.3 Å². The van der Waals surface area contributed by atoms with Crippen LogP contribution in [0.3, 0.4) is 0 Å². The number of amides is 1. The van der Waals surface area contributed by atoms with Crippen molar-refractivity contribution in [3.05, 3.63) is 25.4 Å². The molecule has 0 radical (unpaired) electrons. The number of carbonyl (C=O) groups is 2. The standard InChI is InChI=1S/C10H7Br2N3O4S/c11-6-7(19-3-5(16)17)8(20-9(6)12)10(18)14-4-1-2-13-15-4/h1-2H,3H2,(H,16,17)(H2,13,14,15,18). The summed E-state index contributed by atoms with van der Waals surface area (Å²) in [6.45, 7) is -0.536. The van der Waals surface area contributed by atoms with Gasteiger partial charge in [-0.05, 0) is 31.9 Å². The number of aromatic nitrogens is 2. The summed E-state index contributed by atoms with van der Waals surface area (Å²) in [5.41, 5.74) is 0. The van der Waals surface area contributed by atoms with E-state index >= 15 is 0 Å². The van der Waals surface area contributed by atoms with E-state index in [2.05, 4.69) is 47.4 Å². The first kappa shape index (κ1) is 15.0. The number of ether oxygens (including phenoxy) is 1. The fourth-order valence-electron chi connectivity index (χ4n) is 1.29. The minimum Gasteiger partial charge on any atom is -0.479 e. The molecule has 0 fully saturated rings. The van der Waals surface area contributed by atoms with Gasteiger partial charge in [-0.1, -0.05) is 0 Å². The van der Waals surface area contributed by atoms with Crippen LogP contribution in [0.1, 0.15) is 9.67 Å². The lowest BCUT2D eigenvalue weighted by atomic mass is 10.4. The average molecular weight is 425 g/mol. The highest BCUT2D eigenvalue weighted by molar-refractivity contribution is 9.13. The van der Waals surface area contributed by atoms with Gasteiger partial charge in [0, 0.05) is 6.07 Å². The second-order valence-electron chi connectivity index (χ2n) is 3.45. The molecule has 10 heteroatoms. The Kier molecular flexibility index (Phi) is 4.78. The van der Waals surface area contributed by atoms with Crippen LogP contribution < -0.4 is 10.1 Å². The molecule has 20 heavy (non-hydrogen) atoms. The number of nitrogens with zero attached hydrogens (tertiary/aromatic N) is 1. The highest BCUT2D eigenvalue weighted by Gasteiger charge is 2.23. The third kappa shape index (κ3) is 3.38. The number of hydrogen-bond donors (Lipinski definition) is 3. The van der Waals surface area contributed by atoms with Crippen molar-refractivity contribution in [3.63, 3.8) is 0 Å². The van der Waals surface area contributed by atoms with E-state index in [1.807, 2.05) is 0 Å². The Morgan fingerprint density at radius 2 is 2.25 bits per heavy atom. The molecular weight excluding hydrogens is 418 g/mol. The summed E-state index contributed by atoms with van der Waals surface area (Å²) in [5, 5.41) is 17.5. The van der Waals surface area contributed by atoms with Crippen LogP contribution in [-0.4, -0.2) is 33.8 Å². The molecule has 2 aromatic rings. The van der Waals surface area contributed by atoms with Crippen LogP contribution in [0.2, 0.25) is 0 Å². The van der Waals surface area contributed by atoms with Gasteiger partial charge in [0.1, 0.15) is 10.7 Å². The average Bonchev–Trinajstić information content (AvgIpc) is 2.97. The molecule has 0 saturated heterocycles. The Bertz CT molecular complexity index is 641. The number of rotatable bonds is 5. The Morgan fingerprint density at radius 1 is 1.50 bits per heavy atom. The maximum Gasteiger partial charge on any atom is 0.341 e. The van der Waals surface area contributed by atoms with Crippen molar-refractivity contribution in [3.8, 4) is 5.75 Å².